The minimum Gasteiger partial charge on any atom is -0.497 e. The highest BCUT2D eigenvalue weighted by Gasteiger charge is 2.38. The SMILES string of the molecule is COCCN(CC(=O)O)C(=O)C1CC(=O)N(c2ccc(OC)cc2OC)C1. The number of rotatable bonds is 9. The maximum absolute atomic E-state index is 12.7. The molecule has 1 unspecified atom stereocenters. The molecule has 1 aliphatic rings. The van der Waals surface area contributed by atoms with Gasteiger partial charge in [-0.2, -0.15) is 0 Å². The molecule has 0 spiro atoms. The van der Waals surface area contributed by atoms with E-state index in [0.717, 1.165) is 0 Å². The summed E-state index contributed by atoms with van der Waals surface area (Å²) >= 11 is 0. The van der Waals surface area contributed by atoms with Crippen molar-refractivity contribution in [3.05, 3.63) is 18.2 Å². The Hall–Kier alpha value is -2.81. The molecule has 0 saturated carbocycles. The largest absolute Gasteiger partial charge is 0.497 e. The number of anilines is 1. The first-order chi connectivity index (χ1) is 12.9. The lowest BCUT2D eigenvalue weighted by molar-refractivity contribution is -0.146. The number of carbonyl (C=O) groups is 3. The van der Waals surface area contributed by atoms with Crippen molar-refractivity contribution < 1.29 is 33.7 Å². The van der Waals surface area contributed by atoms with Crippen LogP contribution in [0.1, 0.15) is 6.42 Å². The number of hydrogen-bond acceptors (Lipinski definition) is 6. The van der Waals surface area contributed by atoms with Crippen molar-refractivity contribution in [1.82, 2.24) is 4.90 Å². The van der Waals surface area contributed by atoms with Crippen molar-refractivity contribution in [3.63, 3.8) is 0 Å². The van der Waals surface area contributed by atoms with Crippen LogP contribution < -0.4 is 14.4 Å². The first-order valence-electron chi connectivity index (χ1n) is 8.43. The summed E-state index contributed by atoms with van der Waals surface area (Å²) in [5.41, 5.74) is 0.542. The number of methoxy groups -OCH3 is 3. The number of aliphatic carboxylic acids is 1. The monoisotopic (exact) mass is 380 g/mol. The van der Waals surface area contributed by atoms with Crippen molar-refractivity contribution in [2.24, 2.45) is 5.92 Å². The zero-order chi connectivity index (χ0) is 20.0. The molecule has 1 aromatic carbocycles. The quantitative estimate of drug-likeness (QED) is 0.669. The molecule has 1 atom stereocenters. The van der Waals surface area contributed by atoms with Gasteiger partial charge in [-0.15, -0.1) is 0 Å². The Morgan fingerprint density at radius 1 is 1.26 bits per heavy atom. The van der Waals surface area contributed by atoms with E-state index in [2.05, 4.69) is 0 Å². The van der Waals surface area contributed by atoms with Gasteiger partial charge in [0.1, 0.15) is 18.0 Å². The van der Waals surface area contributed by atoms with Crippen LogP contribution in [-0.4, -0.2) is 75.4 Å². The van der Waals surface area contributed by atoms with Gasteiger partial charge < -0.3 is 29.1 Å². The lowest BCUT2D eigenvalue weighted by atomic mass is 10.1. The first-order valence-corrected chi connectivity index (χ1v) is 8.43. The van der Waals surface area contributed by atoms with E-state index in [1.165, 1.54) is 31.1 Å². The van der Waals surface area contributed by atoms with Crippen LogP contribution >= 0.6 is 0 Å². The molecule has 0 bridgehead atoms. The second-order valence-electron chi connectivity index (χ2n) is 6.09. The van der Waals surface area contributed by atoms with Crippen LogP contribution in [-0.2, 0) is 19.1 Å². The zero-order valence-electron chi connectivity index (χ0n) is 15.6. The topological polar surface area (TPSA) is 106 Å². The lowest BCUT2D eigenvalue weighted by Gasteiger charge is -2.24. The molecular weight excluding hydrogens is 356 g/mol. The molecule has 0 aromatic heterocycles. The average Bonchev–Trinajstić information content (AvgIpc) is 3.05. The Bertz CT molecular complexity index is 707. The number of ether oxygens (including phenoxy) is 3. The first kappa shape index (κ1) is 20.5. The van der Waals surface area contributed by atoms with Gasteiger partial charge in [0.05, 0.1) is 32.4 Å². The van der Waals surface area contributed by atoms with Crippen molar-refractivity contribution >= 4 is 23.5 Å². The van der Waals surface area contributed by atoms with Crippen LogP contribution in [0.25, 0.3) is 0 Å². The van der Waals surface area contributed by atoms with E-state index in [9.17, 15) is 14.4 Å². The second-order valence-corrected chi connectivity index (χ2v) is 6.09. The Labute approximate surface area is 157 Å². The fourth-order valence-corrected chi connectivity index (χ4v) is 3.00. The van der Waals surface area contributed by atoms with Gasteiger partial charge in [-0.05, 0) is 12.1 Å². The smallest absolute Gasteiger partial charge is 0.323 e. The summed E-state index contributed by atoms with van der Waals surface area (Å²) in [5.74, 6) is -1.30. The van der Waals surface area contributed by atoms with Gasteiger partial charge in [0.2, 0.25) is 11.8 Å². The predicted octanol–water partition coefficient (Wildman–Crippen LogP) is 0.616. The van der Waals surface area contributed by atoms with Gasteiger partial charge in [0.25, 0.3) is 0 Å². The molecule has 2 rings (SSSR count). The third kappa shape index (κ3) is 4.88. The third-order valence-electron chi connectivity index (χ3n) is 4.36. The Balaban J connectivity index is 2.18. The summed E-state index contributed by atoms with van der Waals surface area (Å²) in [4.78, 5) is 39.0. The third-order valence-corrected chi connectivity index (χ3v) is 4.36. The Morgan fingerprint density at radius 3 is 2.59 bits per heavy atom. The molecule has 27 heavy (non-hydrogen) atoms. The molecule has 1 heterocycles. The van der Waals surface area contributed by atoms with Gasteiger partial charge in [-0.1, -0.05) is 0 Å². The molecule has 0 radical (unpaired) electrons. The van der Waals surface area contributed by atoms with Crippen LogP contribution in [0.3, 0.4) is 0 Å². The fourth-order valence-electron chi connectivity index (χ4n) is 3.00. The molecule has 1 aromatic rings. The lowest BCUT2D eigenvalue weighted by Crippen LogP contribution is -2.42. The summed E-state index contributed by atoms with van der Waals surface area (Å²) in [6.07, 6.45) is 0.0110. The van der Waals surface area contributed by atoms with Gasteiger partial charge in [-0.25, -0.2) is 0 Å². The number of nitrogens with zero attached hydrogens (tertiary/aromatic N) is 2. The molecule has 148 valence electrons. The number of carboxylic acid groups (broad SMARTS) is 1. The summed E-state index contributed by atoms with van der Waals surface area (Å²) in [7, 11) is 4.49. The minimum absolute atomic E-state index is 0.0110. The highest BCUT2D eigenvalue weighted by molar-refractivity contribution is 6.01. The molecule has 1 fully saturated rings. The zero-order valence-corrected chi connectivity index (χ0v) is 15.6. The molecule has 1 N–H and O–H groups in total. The normalized spacial score (nSPS) is 16.3. The van der Waals surface area contributed by atoms with Crippen LogP contribution in [0.2, 0.25) is 0 Å². The molecule has 9 heteroatoms. The van der Waals surface area contributed by atoms with Crippen LogP contribution in [0.15, 0.2) is 18.2 Å². The van der Waals surface area contributed by atoms with E-state index in [4.69, 9.17) is 19.3 Å². The summed E-state index contributed by atoms with van der Waals surface area (Å²) < 4.78 is 15.4. The number of carboxylic acids is 1. The number of carbonyl (C=O) groups excluding carboxylic acids is 2. The van der Waals surface area contributed by atoms with E-state index in [-0.39, 0.29) is 37.9 Å². The number of hydrogen-bond donors (Lipinski definition) is 1. The van der Waals surface area contributed by atoms with Crippen LogP contribution in [0.4, 0.5) is 5.69 Å². The predicted molar refractivity (Wildman–Crippen MR) is 96.1 cm³/mol. The van der Waals surface area contributed by atoms with Gasteiger partial charge in [0, 0.05) is 32.7 Å². The number of benzene rings is 1. The van der Waals surface area contributed by atoms with E-state index in [1.54, 1.807) is 18.2 Å². The van der Waals surface area contributed by atoms with E-state index in [1.807, 2.05) is 0 Å². The van der Waals surface area contributed by atoms with E-state index in [0.29, 0.717) is 17.2 Å². The van der Waals surface area contributed by atoms with Crippen LogP contribution in [0, 0.1) is 5.92 Å². The van der Waals surface area contributed by atoms with Gasteiger partial charge in [0.15, 0.2) is 0 Å². The van der Waals surface area contributed by atoms with Crippen molar-refractivity contribution in [2.75, 3.05) is 52.5 Å². The van der Waals surface area contributed by atoms with Crippen molar-refractivity contribution in [2.45, 2.75) is 6.42 Å². The van der Waals surface area contributed by atoms with Crippen molar-refractivity contribution in [1.29, 1.82) is 0 Å². The summed E-state index contributed by atoms with van der Waals surface area (Å²) in [5, 5.41) is 9.03. The minimum atomic E-state index is -1.11. The standard InChI is InChI=1S/C18H24N2O7/c1-25-7-6-19(11-17(22)23)18(24)12-8-16(21)20(10-12)14-5-4-13(26-2)9-15(14)27-3/h4-5,9,12H,6-8,10-11H2,1-3H3,(H,22,23). The Kier molecular flexibility index (Phi) is 7.00. The molecule has 1 saturated heterocycles. The average molecular weight is 380 g/mol. The van der Waals surface area contributed by atoms with Gasteiger partial charge >= 0.3 is 5.97 Å². The molecule has 0 aliphatic carbocycles. The second kappa shape index (κ2) is 9.22. The summed E-state index contributed by atoms with van der Waals surface area (Å²) in [6, 6.07) is 5.06. The molecule has 2 amide bonds. The highest BCUT2D eigenvalue weighted by atomic mass is 16.5. The van der Waals surface area contributed by atoms with Crippen LogP contribution in [0.5, 0.6) is 11.5 Å². The fraction of sp³-hybridized carbons (Fsp3) is 0.500. The number of amides is 2. The van der Waals surface area contributed by atoms with Crippen molar-refractivity contribution in [3.8, 4) is 11.5 Å². The highest BCUT2D eigenvalue weighted by Crippen LogP contribution is 2.36. The van der Waals surface area contributed by atoms with E-state index >= 15 is 0 Å². The molecular formula is C18H24N2O7. The summed E-state index contributed by atoms with van der Waals surface area (Å²) in [6.45, 7) is 0.0933. The molecule has 9 nitrogen and oxygen atoms in total. The molecule has 1 aliphatic heterocycles. The Morgan fingerprint density at radius 2 is 2.00 bits per heavy atom. The van der Waals surface area contributed by atoms with E-state index < -0.39 is 18.4 Å². The van der Waals surface area contributed by atoms with Gasteiger partial charge in [-0.3, -0.25) is 14.4 Å². The maximum atomic E-state index is 12.7. The maximum Gasteiger partial charge on any atom is 0.323 e.